The van der Waals surface area contributed by atoms with Gasteiger partial charge in [-0.2, -0.15) is 0 Å². The van der Waals surface area contributed by atoms with Crippen LogP contribution in [0.4, 0.5) is 0 Å². The zero-order valence-corrected chi connectivity index (χ0v) is 29.7. The third-order valence-electron chi connectivity index (χ3n) is 10.3. The van der Waals surface area contributed by atoms with Gasteiger partial charge in [-0.1, -0.05) is 153 Å². The largest absolute Gasteiger partial charge is 0.397 e. The minimum Gasteiger partial charge on any atom is -0.397 e. The van der Waals surface area contributed by atoms with E-state index >= 15 is 0 Å². The Kier molecular flexibility index (Phi) is 17.9. The maximum Gasteiger partial charge on any atom is 0.0402 e. The van der Waals surface area contributed by atoms with E-state index in [0.717, 1.165) is 28.6 Å². The van der Waals surface area contributed by atoms with Gasteiger partial charge in [-0.3, -0.25) is 0 Å². The molecule has 2 aromatic rings. The van der Waals surface area contributed by atoms with Crippen LogP contribution in [0.2, 0.25) is 0 Å². The minimum atomic E-state index is -0.273. The Bertz CT molecular complexity index is 860. The molecule has 42 heavy (non-hydrogen) atoms. The van der Waals surface area contributed by atoms with Gasteiger partial charge >= 0.3 is 0 Å². The predicted octanol–water partition coefficient (Wildman–Crippen LogP) is 10.8. The van der Waals surface area contributed by atoms with Crippen molar-refractivity contribution in [1.29, 1.82) is 0 Å². The molecule has 0 aromatic heterocycles. The van der Waals surface area contributed by atoms with Gasteiger partial charge in [0.15, 0.2) is 0 Å². The van der Waals surface area contributed by atoms with E-state index in [2.05, 4.69) is 67.6 Å². The summed E-state index contributed by atoms with van der Waals surface area (Å²) in [5.74, 6) is 0.937. The fourth-order valence-electron chi connectivity index (χ4n) is 8.39. The van der Waals surface area contributed by atoms with Crippen LogP contribution >= 0.6 is 15.8 Å². The van der Waals surface area contributed by atoms with Crippen molar-refractivity contribution in [2.24, 2.45) is 5.92 Å². The number of hydrogen-bond acceptors (Lipinski definition) is 1. The molecular weight excluding hydrogens is 590 g/mol. The molecule has 4 aliphatic carbocycles. The van der Waals surface area contributed by atoms with Crippen molar-refractivity contribution in [1.82, 2.24) is 0 Å². The van der Waals surface area contributed by atoms with Gasteiger partial charge in [0.25, 0.3) is 0 Å². The SMILES string of the molecule is C1CCCC1.CCO.C[C@H](C1CCCC1P(c1ccccc1)c1ccccc1)P(C1CCCCC1)C1CCCCC1.[Fe]. The summed E-state index contributed by atoms with van der Waals surface area (Å²) < 4.78 is 0. The van der Waals surface area contributed by atoms with E-state index < -0.39 is 0 Å². The zero-order valence-electron chi connectivity index (χ0n) is 26.8. The number of hydrogen-bond donors (Lipinski definition) is 1. The van der Waals surface area contributed by atoms with E-state index in [0.29, 0.717) is 0 Å². The summed E-state index contributed by atoms with van der Waals surface area (Å²) in [5.41, 5.74) is 3.98. The van der Waals surface area contributed by atoms with Gasteiger partial charge < -0.3 is 5.11 Å². The Morgan fingerprint density at radius 2 is 0.976 bits per heavy atom. The molecule has 1 N–H and O–H groups in total. The molecule has 0 bridgehead atoms. The standard InChI is InChI=1S/C31H44P2.C5H10.C2H6O.Fe/c1-25(32(26-15-6-2-7-16-26)27-17-8-3-9-18-27)30-23-14-24-31(30)33(28-19-10-4-11-20-28)29-21-12-5-13-22-29;1-2-4-5-3-1;1-2-3;/h4-5,10-13,19-22,25-27,30-31H,2-3,6-9,14-18,23-24H2,1H3;1-5H2;3H,2H2,1H3;/t25-,30?,31?;;;/m1.../s1. The van der Waals surface area contributed by atoms with Gasteiger partial charge in [-0.25, -0.2) is 0 Å². The van der Waals surface area contributed by atoms with Crippen LogP contribution < -0.4 is 10.6 Å². The minimum absolute atomic E-state index is 0. The van der Waals surface area contributed by atoms with Gasteiger partial charge in [-0.15, -0.1) is 0 Å². The Morgan fingerprint density at radius 1 is 0.595 bits per heavy atom. The number of rotatable bonds is 7. The van der Waals surface area contributed by atoms with Crippen molar-refractivity contribution in [3.63, 3.8) is 0 Å². The monoisotopic (exact) mass is 650 g/mol. The smallest absolute Gasteiger partial charge is 0.0402 e. The molecule has 2 unspecified atom stereocenters. The van der Waals surface area contributed by atoms with Crippen LogP contribution in [0, 0.1) is 5.92 Å². The molecule has 0 amide bonds. The first kappa shape index (κ1) is 36.2. The molecular formula is C38H60FeOP2. The van der Waals surface area contributed by atoms with Gasteiger partial charge in [0, 0.05) is 23.7 Å². The van der Waals surface area contributed by atoms with Crippen molar-refractivity contribution in [2.75, 3.05) is 6.61 Å². The van der Waals surface area contributed by atoms with Crippen molar-refractivity contribution < 1.29 is 22.2 Å². The Morgan fingerprint density at radius 3 is 1.38 bits per heavy atom. The number of aliphatic hydroxyl groups excluding tert-OH is 1. The van der Waals surface area contributed by atoms with Crippen LogP contribution in [0.3, 0.4) is 0 Å². The van der Waals surface area contributed by atoms with Gasteiger partial charge in [0.05, 0.1) is 0 Å². The van der Waals surface area contributed by atoms with E-state index in [1.165, 1.54) is 89.9 Å². The molecule has 6 rings (SSSR count). The maximum atomic E-state index is 7.57. The molecule has 4 saturated carbocycles. The quantitative estimate of drug-likeness (QED) is 0.234. The molecule has 0 radical (unpaired) electrons. The van der Waals surface area contributed by atoms with Gasteiger partial charge in [-0.05, 0) is 92.5 Å². The third-order valence-corrected chi connectivity index (χ3v) is 17.3. The van der Waals surface area contributed by atoms with Crippen molar-refractivity contribution in [3.05, 3.63) is 60.7 Å². The molecule has 0 heterocycles. The number of benzene rings is 2. The van der Waals surface area contributed by atoms with E-state index in [1.807, 2.05) is 0 Å². The molecule has 4 fully saturated rings. The third kappa shape index (κ3) is 10.7. The second-order valence-corrected chi connectivity index (χ2v) is 18.7. The van der Waals surface area contributed by atoms with Crippen LogP contribution in [-0.2, 0) is 17.1 Å². The van der Waals surface area contributed by atoms with Crippen molar-refractivity contribution in [3.8, 4) is 0 Å². The summed E-state index contributed by atoms with van der Waals surface area (Å²) in [6, 6.07) is 23.2. The first-order valence-electron chi connectivity index (χ1n) is 17.5. The topological polar surface area (TPSA) is 20.2 Å². The molecule has 3 atom stereocenters. The van der Waals surface area contributed by atoms with Gasteiger partial charge in [0.1, 0.15) is 0 Å². The summed E-state index contributed by atoms with van der Waals surface area (Å²) in [4.78, 5) is 0. The Balaban J connectivity index is 0.000000473. The van der Waals surface area contributed by atoms with Gasteiger partial charge in [0.2, 0.25) is 0 Å². The van der Waals surface area contributed by atoms with E-state index in [1.54, 1.807) is 43.2 Å². The second kappa shape index (κ2) is 20.7. The summed E-state index contributed by atoms with van der Waals surface area (Å²) in [6.07, 6.45) is 27.1. The van der Waals surface area contributed by atoms with Crippen LogP contribution in [0.5, 0.6) is 0 Å². The molecule has 2 aromatic carbocycles. The fraction of sp³-hybridized carbons (Fsp3) is 0.684. The number of aliphatic hydroxyl groups is 1. The summed E-state index contributed by atoms with van der Waals surface area (Å²) in [6.45, 7) is 4.68. The molecule has 4 heteroatoms. The van der Waals surface area contributed by atoms with E-state index in [-0.39, 0.29) is 39.5 Å². The molecule has 0 spiro atoms. The maximum absolute atomic E-state index is 7.57. The Hall–Kier alpha value is -0.221. The summed E-state index contributed by atoms with van der Waals surface area (Å²) in [5, 5.41) is 10.8. The van der Waals surface area contributed by atoms with Crippen molar-refractivity contribution >= 4 is 26.5 Å². The molecule has 236 valence electrons. The average molecular weight is 651 g/mol. The molecule has 0 saturated heterocycles. The fourth-order valence-corrected chi connectivity index (χ4v) is 16.5. The van der Waals surface area contributed by atoms with Crippen LogP contribution in [0.15, 0.2) is 60.7 Å². The first-order valence-corrected chi connectivity index (χ1v) is 20.5. The normalized spacial score (nSPS) is 23.8. The predicted molar refractivity (Wildman–Crippen MR) is 186 cm³/mol. The average Bonchev–Trinajstić information content (AvgIpc) is 3.77. The molecule has 4 aliphatic rings. The van der Waals surface area contributed by atoms with Crippen LogP contribution in [-0.4, -0.2) is 34.3 Å². The van der Waals surface area contributed by atoms with E-state index in [4.69, 9.17) is 5.11 Å². The molecule has 1 nitrogen and oxygen atoms in total. The van der Waals surface area contributed by atoms with Crippen LogP contribution in [0.25, 0.3) is 0 Å². The molecule has 0 aliphatic heterocycles. The van der Waals surface area contributed by atoms with Crippen molar-refractivity contribution in [2.45, 2.75) is 152 Å². The summed E-state index contributed by atoms with van der Waals surface area (Å²) in [7, 11) is -0.121. The zero-order chi connectivity index (χ0) is 28.7. The Labute approximate surface area is 272 Å². The first-order chi connectivity index (χ1) is 20.2. The second-order valence-electron chi connectivity index (χ2n) is 13.1. The summed E-state index contributed by atoms with van der Waals surface area (Å²) >= 11 is 0. The van der Waals surface area contributed by atoms with Crippen LogP contribution in [0.1, 0.15) is 129 Å². The van der Waals surface area contributed by atoms with E-state index in [9.17, 15) is 0 Å².